The van der Waals surface area contributed by atoms with Gasteiger partial charge in [0.25, 0.3) is 5.91 Å². The van der Waals surface area contributed by atoms with Crippen LogP contribution in [-0.2, 0) is 10.4 Å². The number of fused-ring (bicyclic) bond motifs is 1. The number of rotatable bonds is 6. The van der Waals surface area contributed by atoms with Crippen LogP contribution in [0, 0.1) is 0 Å². The first kappa shape index (κ1) is 18.4. The van der Waals surface area contributed by atoms with Crippen LogP contribution < -0.4 is 9.64 Å². The predicted octanol–water partition coefficient (Wildman–Crippen LogP) is 3.45. The van der Waals surface area contributed by atoms with Crippen molar-refractivity contribution in [3.8, 4) is 5.75 Å². The lowest BCUT2D eigenvalue weighted by Gasteiger charge is -2.22. The van der Waals surface area contributed by atoms with E-state index in [2.05, 4.69) is 22.5 Å². The Bertz CT molecular complexity index is 895. The highest BCUT2D eigenvalue weighted by Gasteiger charge is 2.50. The SMILES string of the molecule is C=CCN1C(=O)C(O)(CC(=O)c2cccc(OC)c2)c2cc(Br)ccc21. The van der Waals surface area contributed by atoms with E-state index in [1.54, 1.807) is 48.5 Å². The van der Waals surface area contributed by atoms with E-state index < -0.39 is 11.5 Å². The Morgan fingerprint density at radius 3 is 2.81 bits per heavy atom. The zero-order valence-corrected chi connectivity index (χ0v) is 15.8. The fraction of sp³-hybridized carbons (Fsp3) is 0.200. The van der Waals surface area contributed by atoms with E-state index in [0.29, 0.717) is 22.6 Å². The molecule has 1 heterocycles. The summed E-state index contributed by atoms with van der Waals surface area (Å²) in [4.78, 5) is 27.1. The third-order valence-corrected chi connectivity index (χ3v) is 4.91. The first-order valence-corrected chi connectivity index (χ1v) is 8.82. The summed E-state index contributed by atoms with van der Waals surface area (Å²) in [5.74, 6) is -0.329. The van der Waals surface area contributed by atoms with Crippen molar-refractivity contribution in [1.82, 2.24) is 0 Å². The molecule has 0 aromatic heterocycles. The Morgan fingerprint density at radius 1 is 1.35 bits per heavy atom. The zero-order chi connectivity index (χ0) is 18.9. The number of ketones is 1. The number of carbonyl (C=O) groups is 2. The fourth-order valence-electron chi connectivity index (χ4n) is 3.13. The van der Waals surface area contributed by atoms with Crippen molar-refractivity contribution in [2.24, 2.45) is 0 Å². The first-order valence-electron chi connectivity index (χ1n) is 8.03. The normalized spacial score (nSPS) is 18.6. The van der Waals surface area contributed by atoms with Gasteiger partial charge in [-0.1, -0.05) is 34.1 Å². The molecule has 0 bridgehead atoms. The Hall–Kier alpha value is -2.44. The van der Waals surface area contributed by atoms with E-state index in [9.17, 15) is 14.7 Å². The number of ether oxygens (including phenoxy) is 1. The number of carbonyl (C=O) groups excluding carboxylic acids is 2. The van der Waals surface area contributed by atoms with Gasteiger partial charge in [0.15, 0.2) is 11.4 Å². The summed E-state index contributed by atoms with van der Waals surface area (Å²) in [5.41, 5.74) is -0.541. The van der Waals surface area contributed by atoms with Crippen LogP contribution in [0.25, 0.3) is 0 Å². The molecule has 0 fully saturated rings. The molecule has 2 aromatic rings. The largest absolute Gasteiger partial charge is 0.497 e. The van der Waals surface area contributed by atoms with Gasteiger partial charge in [-0.3, -0.25) is 9.59 Å². The average Bonchev–Trinajstić information content (AvgIpc) is 2.84. The summed E-state index contributed by atoms with van der Waals surface area (Å²) in [6.45, 7) is 3.91. The molecule has 1 amide bonds. The molecule has 134 valence electrons. The maximum atomic E-state index is 12.9. The van der Waals surface area contributed by atoms with E-state index in [1.165, 1.54) is 12.0 Å². The molecule has 1 atom stereocenters. The molecule has 1 N–H and O–H groups in total. The summed E-state index contributed by atoms with van der Waals surface area (Å²) >= 11 is 3.36. The third-order valence-electron chi connectivity index (χ3n) is 4.41. The summed E-state index contributed by atoms with van der Waals surface area (Å²) in [6.07, 6.45) is 1.23. The van der Waals surface area contributed by atoms with Gasteiger partial charge in [-0.2, -0.15) is 0 Å². The molecule has 2 aromatic carbocycles. The Balaban J connectivity index is 2.00. The van der Waals surface area contributed by atoms with Crippen LogP contribution >= 0.6 is 15.9 Å². The summed E-state index contributed by atoms with van der Waals surface area (Å²) in [7, 11) is 1.51. The van der Waals surface area contributed by atoms with Crippen LogP contribution in [-0.4, -0.2) is 30.5 Å². The lowest BCUT2D eigenvalue weighted by atomic mass is 9.88. The van der Waals surface area contributed by atoms with E-state index in [-0.39, 0.29) is 18.7 Å². The monoisotopic (exact) mass is 415 g/mol. The third kappa shape index (κ3) is 3.06. The van der Waals surface area contributed by atoms with Crippen molar-refractivity contribution >= 4 is 33.3 Å². The number of aliphatic hydroxyl groups is 1. The maximum absolute atomic E-state index is 12.9. The van der Waals surface area contributed by atoms with Crippen LogP contribution in [0.2, 0.25) is 0 Å². The number of methoxy groups -OCH3 is 1. The van der Waals surface area contributed by atoms with Gasteiger partial charge in [-0.25, -0.2) is 0 Å². The molecule has 0 saturated carbocycles. The number of hydrogen-bond acceptors (Lipinski definition) is 4. The number of nitrogens with zero attached hydrogens (tertiary/aromatic N) is 1. The highest BCUT2D eigenvalue weighted by Crippen LogP contribution is 2.44. The van der Waals surface area contributed by atoms with Crippen molar-refractivity contribution in [2.45, 2.75) is 12.0 Å². The smallest absolute Gasteiger partial charge is 0.264 e. The molecule has 0 saturated heterocycles. The van der Waals surface area contributed by atoms with E-state index in [4.69, 9.17) is 4.74 Å². The van der Waals surface area contributed by atoms with Crippen molar-refractivity contribution in [3.05, 3.63) is 70.7 Å². The quantitative estimate of drug-likeness (QED) is 0.579. The second-order valence-corrected chi connectivity index (χ2v) is 6.97. The van der Waals surface area contributed by atoms with Gasteiger partial charge < -0.3 is 14.7 Å². The van der Waals surface area contributed by atoms with Crippen LogP contribution in [0.15, 0.2) is 59.6 Å². The van der Waals surface area contributed by atoms with Crippen LogP contribution in [0.1, 0.15) is 22.3 Å². The van der Waals surface area contributed by atoms with Crippen molar-refractivity contribution in [3.63, 3.8) is 0 Å². The van der Waals surface area contributed by atoms with Gasteiger partial charge in [0, 0.05) is 22.1 Å². The van der Waals surface area contributed by atoms with Crippen LogP contribution in [0.5, 0.6) is 5.75 Å². The van der Waals surface area contributed by atoms with Crippen molar-refractivity contribution in [1.29, 1.82) is 0 Å². The minimum absolute atomic E-state index is 0.253. The summed E-state index contributed by atoms with van der Waals surface area (Å²) in [6, 6.07) is 11.9. The molecule has 6 heteroatoms. The molecule has 3 rings (SSSR count). The molecule has 0 radical (unpaired) electrons. The standard InChI is InChI=1S/C20H18BrNO4/c1-3-9-22-17-8-7-14(21)11-16(17)20(25,19(22)24)12-18(23)13-5-4-6-15(10-13)26-2/h3-8,10-11,25H,1,9,12H2,2H3. The highest BCUT2D eigenvalue weighted by molar-refractivity contribution is 9.10. The lowest BCUT2D eigenvalue weighted by molar-refractivity contribution is -0.135. The summed E-state index contributed by atoms with van der Waals surface area (Å²) in [5, 5.41) is 11.2. The minimum atomic E-state index is -1.91. The van der Waals surface area contributed by atoms with E-state index >= 15 is 0 Å². The predicted molar refractivity (Wildman–Crippen MR) is 103 cm³/mol. The van der Waals surface area contributed by atoms with Gasteiger partial charge in [0.05, 0.1) is 19.2 Å². The number of anilines is 1. The van der Waals surface area contributed by atoms with Crippen molar-refractivity contribution in [2.75, 3.05) is 18.6 Å². The van der Waals surface area contributed by atoms with Gasteiger partial charge in [-0.05, 0) is 30.3 Å². The molecular weight excluding hydrogens is 398 g/mol. The number of hydrogen-bond donors (Lipinski definition) is 1. The molecule has 1 aliphatic rings. The van der Waals surface area contributed by atoms with Gasteiger partial charge >= 0.3 is 0 Å². The molecule has 1 aliphatic heterocycles. The molecule has 0 spiro atoms. The average molecular weight is 416 g/mol. The fourth-order valence-corrected chi connectivity index (χ4v) is 3.50. The molecule has 26 heavy (non-hydrogen) atoms. The Morgan fingerprint density at radius 2 is 2.12 bits per heavy atom. The van der Waals surface area contributed by atoms with E-state index in [1.807, 2.05) is 0 Å². The highest BCUT2D eigenvalue weighted by atomic mass is 79.9. The summed E-state index contributed by atoms with van der Waals surface area (Å²) < 4.78 is 5.85. The van der Waals surface area contributed by atoms with Gasteiger partial charge in [0.1, 0.15) is 5.75 Å². The maximum Gasteiger partial charge on any atom is 0.264 e. The topological polar surface area (TPSA) is 66.8 Å². The molecule has 1 unspecified atom stereocenters. The number of benzene rings is 2. The zero-order valence-electron chi connectivity index (χ0n) is 14.2. The number of Topliss-reactive ketones (excluding diaryl/α,β-unsaturated/α-hetero) is 1. The molecular formula is C20H18BrNO4. The Labute approximate surface area is 160 Å². The van der Waals surface area contributed by atoms with E-state index in [0.717, 1.165) is 4.47 Å². The van der Waals surface area contributed by atoms with Crippen LogP contribution in [0.3, 0.4) is 0 Å². The first-order chi connectivity index (χ1) is 12.4. The molecule has 5 nitrogen and oxygen atoms in total. The molecule has 0 aliphatic carbocycles. The second kappa shape index (κ2) is 7.05. The number of halogens is 1. The van der Waals surface area contributed by atoms with Crippen molar-refractivity contribution < 1.29 is 19.4 Å². The van der Waals surface area contributed by atoms with Gasteiger partial charge in [0.2, 0.25) is 0 Å². The Kier molecular flexibility index (Phi) is 4.98. The van der Waals surface area contributed by atoms with Gasteiger partial charge in [-0.15, -0.1) is 6.58 Å². The minimum Gasteiger partial charge on any atom is -0.497 e. The number of amides is 1. The van der Waals surface area contributed by atoms with Crippen LogP contribution in [0.4, 0.5) is 5.69 Å². The second-order valence-electron chi connectivity index (χ2n) is 6.06. The lowest BCUT2D eigenvalue weighted by Crippen LogP contribution is -2.41.